The van der Waals surface area contributed by atoms with Crippen LogP contribution in [0.4, 0.5) is 0 Å². The third kappa shape index (κ3) is 3.15. The molecule has 1 aliphatic rings. The van der Waals surface area contributed by atoms with E-state index < -0.39 is 0 Å². The van der Waals surface area contributed by atoms with Gasteiger partial charge in [-0.3, -0.25) is 0 Å². The van der Waals surface area contributed by atoms with Crippen LogP contribution in [-0.4, -0.2) is 38.8 Å². The Balaban J connectivity index is 2.15. The van der Waals surface area contributed by atoms with Gasteiger partial charge in [-0.2, -0.15) is 0 Å². The monoisotopic (exact) mass is 143 g/mol. The molecule has 3 nitrogen and oxygen atoms in total. The lowest BCUT2D eigenvalue weighted by atomic mass is 10.3. The van der Waals surface area contributed by atoms with Crippen molar-refractivity contribution < 1.29 is 0 Å². The highest BCUT2D eigenvalue weighted by Crippen LogP contribution is 1.78. The van der Waals surface area contributed by atoms with Crippen LogP contribution in [0.25, 0.3) is 0 Å². The van der Waals surface area contributed by atoms with Gasteiger partial charge in [-0.15, -0.1) is 0 Å². The average Bonchev–Trinajstić information content (AvgIpc) is 2.02. The van der Waals surface area contributed by atoms with E-state index in [0.29, 0.717) is 6.04 Å². The Morgan fingerprint density at radius 2 is 1.70 bits per heavy atom. The van der Waals surface area contributed by atoms with Gasteiger partial charge in [-0.1, -0.05) is 0 Å². The Morgan fingerprint density at radius 3 is 2.60 bits per heavy atom. The smallest absolute Gasteiger partial charge is 0.0164 e. The van der Waals surface area contributed by atoms with E-state index >= 15 is 0 Å². The number of nitrogens with one attached hydrogen (secondary N) is 3. The van der Waals surface area contributed by atoms with Crippen molar-refractivity contribution in [3.63, 3.8) is 0 Å². The highest BCUT2D eigenvalue weighted by atomic mass is 15.0. The Morgan fingerprint density at radius 1 is 1.00 bits per heavy atom. The van der Waals surface area contributed by atoms with Gasteiger partial charge in [-0.25, -0.2) is 0 Å². The summed E-state index contributed by atoms with van der Waals surface area (Å²) in [6, 6.07) is 0.611. The Kier molecular flexibility index (Phi) is 3.72. The lowest BCUT2D eigenvalue weighted by Gasteiger charge is -2.11. The summed E-state index contributed by atoms with van der Waals surface area (Å²) in [5, 5.41) is 10.1. The van der Waals surface area contributed by atoms with E-state index in [2.05, 4.69) is 22.9 Å². The summed E-state index contributed by atoms with van der Waals surface area (Å²) in [6.07, 6.45) is 0. The summed E-state index contributed by atoms with van der Waals surface area (Å²) >= 11 is 0. The maximum Gasteiger partial charge on any atom is 0.0164 e. The molecule has 1 aliphatic heterocycles. The third-order valence-electron chi connectivity index (χ3n) is 1.72. The molecule has 0 aromatic heterocycles. The molecular formula is C7H17N3. The van der Waals surface area contributed by atoms with E-state index in [0.717, 1.165) is 32.7 Å². The summed E-state index contributed by atoms with van der Waals surface area (Å²) < 4.78 is 0. The maximum atomic E-state index is 3.40. The number of rotatable bonds is 0. The highest BCUT2D eigenvalue weighted by molar-refractivity contribution is 4.67. The molecule has 1 heterocycles. The van der Waals surface area contributed by atoms with Gasteiger partial charge in [-0.05, 0) is 6.92 Å². The van der Waals surface area contributed by atoms with Crippen LogP contribution < -0.4 is 16.0 Å². The van der Waals surface area contributed by atoms with Crippen LogP contribution in [0.15, 0.2) is 0 Å². The van der Waals surface area contributed by atoms with Gasteiger partial charge in [0.1, 0.15) is 0 Å². The predicted octanol–water partition coefficient (Wildman–Crippen LogP) is -0.843. The quantitative estimate of drug-likeness (QED) is 0.414. The number of hydrogen-bond donors (Lipinski definition) is 3. The first-order valence-electron chi connectivity index (χ1n) is 4.04. The molecule has 0 bridgehead atoms. The van der Waals surface area contributed by atoms with Gasteiger partial charge in [0.05, 0.1) is 0 Å². The minimum absolute atomic E-state index is 0.611. The molecule has 10 heavy (non-hydrogen) atoms. The first kappa shape index (κ1) is 7.98. The molecule has 1 fully saturated rings. The molecule has 0 spiro atoms. The molecule has 60 valence electrons. The Labute approximate surface area is 62.6 Å². The highest BCUT2D eigenvalue weighted by Gasteiger charge is 2.00. The van der Waals surface area contributed by atoms with Crippen molar-refractivity contribution in [2.75, 3.05) is 32.7 Å². The fourth-order valence-corrected chi connectivity index (χ4v) is 1.10. The fraction of sp³-hybridized carbons (Fsp3) is 1.00. The Hall–Kier alpha value is -0.120. The topological polar surface area (TPSA) is 36.1 Å². The van der Waals surface area contributed by atoms with E-state index in [-0.39, 0.29) is 0 Å². The molecule has 3 N–H and O–H groups in total. The van der Waals surface area contributed by atoms with Crippen LogP contribution in [-0.2, 0) is 0 Å². The molecule has 0 unspecified atom stereocenters. The molecule has 3 heteroatoms. The maximum absolute atomic E-state index is 3.40. The van der Waals surface area contributed by atoms with E-state index in [9.17, 15) is 0 Å². The van der Waals surface area contributed by atoms with Crippen LogP contribution in [0.1, 0.15) is 6.92 Å². The van der Waals surface area contributed by atoms with Gasteiger partial charge in [0, 0.05) is 38.8 Å². The normalized spacial score (nSPS) is 30.3. The van der Waals surface area contributed by atoms with Crippen LogP contribution in [0.3, 0.4) is 0 Å². The minimum Gasteiger partial charge on any atom is -0.314 e. The van der Waals surface area contributed by atoms with Crippen molar-refractivity contribution in [3.8, 4) is 0 Å². The first-order valence-corrected chi connectivity index (χ1v) is 4.04. The Bertz CT molecular complexity index is 74.9. The van der Waals surface area contributed by atoms with Gasteiger partial charge >= 0.3 is 0 Å². The van der Waals surface area contributed by atoms with Gasteiger partial charge in [0.25, 0.3) is 0 Å². The summed E-state index contributed by atoms with van der Waals surface area (Å²) in [5.41, 5.74) is 0. The van der Waals surface area contributed by atoms with Crippen LogP contribution in [0.5, 0.6) is 0 Å². The van der Waals surface area contributed by atoms with Crippen molar-refractivity contribution >= 4 is 0 Å². The van der Waals surface area contributed by atoms with Crippen molar-refractivity contribution in [2.24, 2.45) is 0 Å². The lowest BCUT2D eigenvalue weighted by Crippen LogP contribution is -2.36. The van der Waals surface area contributed by atoms with Crippen LogP contribution in [0.2, 0.25) is 0 Å². The second-order valence-electron chi connectivity index (χ2n) is 2.81. The van der Waals surface area contributed by atoms with Crippen molar-refractivity contribution in [2.45, 2.75) is 13.0 Å². The van der Waals surface area contributed by atoms with E-state index in [1.807, 2.05) is 0 Å². The van der Waals surface area contributed by atoms with Crippen LogP contribution >= 0.6 is 0 Å². The minimum atomic E-state index is 0.611. The molecule has 1 saturated heterocycles. The zero-order chi connectivity index (χ0) is 7.23. The standard InChI is InChI=1S/C7H17N3/c1-7-6-9-3-2-8-4-5-10-7/h7-10H,2-6H2,1H3/t7-/m1/s1. The average molecular weight is 143 g/mol. The summed E-state index contributed by atoms with van der Waals surface area (Å²) in [4.78, 5) is 0. The lowest BCUT2D eigenvalue weighted by molar-refractivity contribution is 0.528. The summed E-state index contributed by atoms with van der Waals surface area (Å²) in [5.74, 6) is 0. The molecule has 0 aromatic carbocycles. The van der Waals surface area contributed by atoms with Gasteiger partial charge in [0.2, 0.25) is 0 Å². The largest absolute Gasteiger partial charge is 0.314 e. The molecule has 0 amide bonds. The zero-order valence-corrected chi connectivity index (χ0v) is 6.61. The van der Waals surface area contributed by atoms with Crippen molar-refractivity contribution in [1.82, 2.24) is 16.0 Å². The molecule has 1 rings (SSSR count). The van der Waals surface area contributed by atoms with Crippen molar-refractivity contribution in [3.05, 3.63) is 0 Å². The zero-order valence-electron chi connectivity index (χ0n) is 6.61. The molecule has 0 saturated carbocycles. The first-order chi connectivity index (χ1) is 4.89. The molecule has 0 aromatic rings. The second kappa shape index (κ2) is 4.66. The predicted molar refractivity (Wildman–Crippen MR) is 43.2 cm³/mol. The van der Waals surface area contributed by atoms with Crippen molar-refractivity contribution in [1.29, 1.82) is 0 Å². The number of hydrogen-bond acceptors (Lipinski definition) is 3. The summed E-state index contributed by atoms with van der Waals surface area (Å²) in [6.45, 7) is 7.65. The fourth-order valence-electron chi connectivity index (χ4n) is 1.10. The molecular weight excluding hydrogens is 126 g/mol. The summed E-state index contributed by atoms with van der Waals surface area (Å²) in [7, 11) is 0. The third-order valence-corrected chi connectivity index (χ3v) is 1.72. The van der Waals surface area contributed by atoms with Crippen LogP contribution in [0, 0.1) is 0 Å². The molecule has 1 atom stereocenters. The molecule has 0 radical (unpaired) electrons. The van der Waals surface area contributed by atoms with Gasteiger partial charge < -0.3 is 16.0 Å². The van der Waals surface area contributed by atoms with E-state index in [1.165, 1.54) is 0 Å². The van der Waals surface area contributed by atoms with E-state index in [4.69, 9.17) is 0 Å². The molecule has 0 aliphatic carbocycles. The van der Waals surface area contributed by atoms with Gasteiger partial charge in [0.15, 0.2) is 0 Å². The SMILES string of the molecule is C[C@@H]1CNCCNCCN1. The second-order valence-corrected chi connectivity index (χ2v) is 2.81. The van der Waals surface area contributed by atoms with E-state index in [1.54, 1.807) is 0 Å².